The predicted octanol–water partition coefficient (Wildman–Crippen LogP) is 3.15. The monoisotopic (exact) mass is 618 g/mol. The summed E-state index contributed by atoms with van der Waals surface area (Å²) in [5.74, 6) is -2.15. The van der Waals surface area contributed by atoms with Gasteiger partial charge in [0.15, 0.2) is 0 Å². The van der Waals surface area contributed by atoms with E-state index in [0.717, 1.165) is 10.9 Å². The smallest absolute Gasteiger partial charge is 0.317 e. The van der Waals surface area contributed by atoms with Crippen molar-refractivity contribution in [2.24, 2.45) is 11.1 Å². The number of rotatable bonds is 12. The highest BCUT2D eigenvalue weighted by atomic mass is 16.3. The molecule has 0 bridgehead atoms. The van der Waals surface area contributed by atoms with Crippen LogP contribution in [0.5, 0.6) is 0 Å². The van der Waals surface area contributed by atoms with Gasteiger partial charge in [-0.3, -0.25) is 14.4 Å². The maximum Gasteiger partial charge on any atom is 0.317 e. The molecule has 3 unspecified atom stereocenters. The number of amides is 5. The Morgan fingerprint density at radius 3 is 2.16 bits per heavy atom. The van der Waals surface area contributed by atoms with E-state index in [-0.39, 0.29) is 30.1 Å². The van der Waals surface area contributed by atoms with E-state index in [9.17, 15) is 24.3 Å². The third-order valence-corrected chi connectivity index (χ3v) is 6.79. The summed E-state index contributed by atoms with van der Waals surface area (Å²) >= 11 is 0. The first-order valence-corrected chi connectivity index (χ1v) is 15.1. The number of pyridine rings is 1. The Bertz CT molecular complexity index is 1480. The molecule has 0 aliphatic heterocycles. The van der Waals surface area contributed by atoms with Gasteiger partial charge in [-0.15, -0.1) is 0 Å². The second-order valence-electron chi connectivity index (χ2n) is 13.6. The summed E-state index contributed by atoms with van der Waals surface area (Å²) in [7, 11) is 0. The van der Waals surface area contributed by atoms with Gasteiger partial charge in [0.05, 0.1) is 30.6 Å². The van der Waals surface area contributed by atoms with E-state index in [1.54, 1.807) is 18.2 Å². The van der Waals surface area contributed by atoms with Crippen LogP contribution in [-0.4, -0.2) is 75.6 Å². The van der Waals surface area contributed by atoms with Crippen molar-refractivity contribution in [2.45, 2.75) is 78.1 Å². The number of nitrogens with two attached hydrogens (primary N) is 1. The second kappa shape index (κ2) is 15.0. The lowest BCUT2D eigenvalue weighted by atomic mass is 9.95. The highest BCUT2D eigenvalue weighted by molar-refractivity contribution is 5.99. The van der Waals surface area contributed by atoms with Gasteiger partial charge in [0.1, 0.15) is 11.7 Å². The molecular formula is C34H46N6O5. The molecule has 1 heterocycles. The van der Waals surface area contributed by atoms with Crippen LogP contribution in [0.3, 0.4) is 0 Å². The number of nitrogens with zero attached hydrogens (tertiary/aromatic N) is 2. The van der Waals surface area contributed by atoms with E-state index < -0.39 is 47.9 Å². The van der Waals surface area contributed by atoms with Crippen LogP contribution < -0.4 is 21.7 Å². The molecule has 0 aliphatic rings. The SMILES string of the molecule is CC(C)(C)CN(CC(O)C(Cc1ccccc1)NC(=O)C(CC(N)=O)NC(=O)c1ccc2ccccc2n1)C(=O)NC(C)(C)C. The highest BCUT2D eigenvalue weighted by Gasteiger charge is 2.32. The molecule has 45 heavy (non-hydrogen) atoms. The minimum absolute atomic E-state index is 0.0690. The van der Waals surface area contributed by atoms with Crippen molar-refractivity contribution in [3.63, 3.8) is 0 Å². The van der Waals surface area contributed by atoms with Crippen LogP contribution in [0.2, 0.25) is 0 Å². The number of hydrogen-bond donors (Lipinski definition) is 5. The molecule has 11 heteroatoms. The number of carbonyl (C=O) groups is 4. The van der Waals surface area contributed by atoms with E-state index >= 15 is 0 Å². The van der Waals surface area contributed by atoms with Gasteiger partial charge in [-0.05, 0) is 50.3 Å². The molecule has 5 amide bonds. The Kier molecular flexibility index (Phi) is 11.6. The average Bonchev–Trinajstić information content (AvgIpc) is 2.94. The van der Waals surface area contributed by atoms with Crippen LogP contribution in [0.4, 0.5) is 4.79 Å². The second-order valence-corrected chi connectivity index (χ2v) is 13.6. The van der Waals surface area contributed by atoms with E-state index in [4.69, 9.17) is 5.73 Å². The molecule has 1 aromatic heterocycles. The lowest BCUT2D eigenvalue weighted by Gasteiger charge is -2.36. The molecule has 0 aliphatic carbocycles. The number of para-hydroxylation sites is 1. The van der Waals surface area contributed by atoms with Crippen LogP contribution in [0.25, 0.3) is 10.9 Å². The van der Waals surface area contributed by atoms with Crippen molar-refractivity contribution in [1.82, 2.24) is 25.8 Å². The number of primary amides is 1. The lowest BCUT2D eigenvalue weighted by molar-refractivity contribution is -0.128. The summed E-state index contributed by atoms with van der Waals surface area (Å²) in [6.07, 6.45) is -1.44. The van der Waals surface area contributed by atoms with Crippen molar-refractivity contribution >= 4 is 34.7 Å². The Labute approximate surface area is 265 Å². The quantitative estimate of drug-likeness (QED) is 0.209. The van der Waals surface area contributed by atoms with Crippen molar-refractivity contribution in [1.29, 1.82) is 0 Å². The van der Waals surface area contributed by atoms with Gasteiger partial charge in [0.25, 0.3) is 5.91 Å². The summed E-state index contributed by atoms with van der Waals surface area (Å²) in [4.78, 5) is 57.9. The summed E-state index contributed by atoms with van der Waals surface area (Å²) in [6, 6.07) is 17.3. The number of hydrogen-bond acceptors (Lipinski definition) is 6. The van der Waals surface area contributed by atoms with Crippen LogP contribution in [0.1, 0.15) is 64.0 Å². The molecule has 11 nitrogen and oxygen atoms in total. The molecule has 242 valence electrons. The predicted molar refractivity (Wildman–Crippen MR) is 174 cm³/mol. The number of benzene rings is 2. The summed E-state index contributed by atoms with van der Waals surface area (Å²) < 4.78 is 0. The molecule has 0 saturated heterocycles. The molecular weight excluding hydrogens is 572 g/mol. The van der Waals surface area contributed by atoms with Gasteiger partial charge < -0.3 is 31.7 Å². The zero-order valence-electron chi connectivity index (χ0n) is 27.0. The van der Waals surface area contributed by atoms with Gasteiger partial charge in [-0.2, -0.15) is 0 Å². The topological polar surface area (TPSA) is 167 Å². The molecule has 2 aromatic carbocycles. The molecule has 6 N–H and O–H groups in total. The van der Waals surface area contributed by atoms with Crippen molar-refractivity contribution in [3.8, 4) is 0 Å². The number of urea groups is 1. The molecule has 3 rings (SSSR count). The fourth-order valence-corrected chi connectivity index (χ4v) is 4.81. The van der Waals surface area contributed by atoms with E-state index in [1.165, 1.54) is 11.0 Å². The van der Waals surface area contributed by atoms with Gasteiger partial charge in [0, 0.05) is 17.5 Å². The van der Waals surface area contributed by atoms with Crippen molar-refractivity contribution in [3.05, 3.63) is 78.0 Å². The third kappa shape index (κ3) is 11.5. The molecule has 0 fully saturated rings. The first-order valence-electron chi connectivity index (χ1n) is 15.1. The van der Waals surface area contributed by atoms with Crippen LogP contribution in [0.15, 0.2) is 66.7 Å². The molecule has 0 spiro atoms. The first kappa shape index (κ1) is 35.0. The van der Waals surface area contributed by atoms with E-state index in [0.29, 0.717) is 12.1 Å². The Hall–Kier alpha value is -4.51. The van der Waals surface area contributed by atoms with Crippen molar-refractivity contribution < 1.29 is 24.3 Å². The number of fused-ring (bicyclic) bond motifs is 1. The van der Waals surface area contributed by atoms with Gasteiger partial charge in [0.2, 0.25) is 11.8 Å². The highest BCUT2D eigenvalue weighted by Crippen LogP contribution is 2.18. The summed E-state index contributed by atoms with van der Waals surface area (Å²) in [5, 5.41) is 20.7. The number of aliphatic hydroxyl groups is 1. The minimum Gasteiger partial charge on any atom is -0.389 e. The summed E-state index contributed by atoms with van der Waals surface area (Å²) in [6.45, 7) is 11.8. The number of carbonyl (C=O) groups excluding carboxylic acids is 4. The van der Waals surface area contributed by atoms with E-state index in [2.05, 4.69) is 20.9 Å². The fraction of sp³-hybridized carbons (Fsp3) is 0.441. The Morgan fingerprint density at radius 2 is 1.53 bits per heavy atom. The molecule has 0 saturated carbocycles. The molecule has 0 radical (unpaired) electrons. The van der Waals surface area contributed by atoms with E-state index in [1.807, 2.05) is 84.0 Å². The minimum atomic E-state index is -1.33. The van der Waals surface area contributed by atoms with Crippen LogP contribution in [0, 0.1) is 5.41 Å². The third-order valence-electron chi connectivity index (χ3n) is 6.79. The normalized spacial score (nSPS) is 13.8. The van der Waals surface area contributed by atoms with Gasteiger partial charge >= 0.3 is 6.03 Å². The summed E-state index contributed by atoms with van der Waals surface area (Å²) in [5.41, 5.74) is 6.18. The Balaban J connectivity index is 1.85. The zero-order valence-corrected chi connectivity index (χ0v) is 27.0. The van der Waals surface area contributed by atoms with Crippen LogP contribution in [-0.2, 0) is 16.0 Å². The first-order chi connectivity index (χ1) is 21.0. The number of aromatic nitrogens is 1. The Morgan fingerprint density at radius 1 is 0.889 bits per heavy atom. The maximum absolute atomic E-state index is 13.6. The standard InChI is InChI=1S/C34H46N6O5/c1-33(2,3)21-40(32(45)39-34(4,5)6)20-28(41)26(18-22-12-8-7-9-13-22)37-31(44)27(19-29(35)42)38-30(43)25-17-16-23-14-10-11-15-24(23)36-25/h7-17,26-28,41H,18-21H2,1-6H3,(H2,35,42)(H,37,44)(H,38,43)(H,39,45). The maximum atomic E-state index is 13.6. The fourth-order valence-electron chi connectivity index (χ4n) is 4.81. The number of nitrogens with one attached hydrogen (secondary N) is 3. The van der Waals surface area contributed by atoms with Gasteiger partial charge in [-0.25, -0.2) is 9.78 Å². The molecule has 3 aromatic rings. The largest absolute Gasteiger partial charge is 0.389 e. The average molecular weight is 619 g/mol. The molecule has 3 atom stereocenters. The number of aliphatic hydroxyl groups excluding tert-OH is 1. The van der Waals surface area contributed by atoms with Gasteiger partial charge in [-0.1, -0.05) is 75.4 Å². The lowest BCUT2D eigenvalue weighted by Crippen LogP contribution is -2.58. The van der Waals surface area contributed by atoms with Crippen LogP contribution >= 0.6 is 0 Å². The zero-order chi connectivity index (χ0) is 33.4. The van der Waals surface area contributed by atoms with Crippen molar-refractivity contribution in [2.75, 3.05) is 13.1 Å².